The van der Waals surface area contributed by atoms with Crippen molar-refractivity contribution in [3.05, 3.63) is 23.5 Å². The highest BCUT2D eigenvalue weighted by Crippen LogP contribution is 2.37. The predicted molar refractivity (Wildman–Crippen MR) is 87.4 cm³/mol. The smallest absolute Gasteiger partial charge is 0.270 e. The van der Waals surface area contributed by atoms with Crippen molar-refractivity contribution in [3.63, 3.8) is 0 Å². The first-order chi connectivity index (χ1) is 10.5. The third kappa shape index (κ3) is 2.82. The lowest BCUT2D eigenvalue weighted by Crippen LogP contribution is -2.51. The molecule has 1 amide bonds. The average molecular weight is 305 g/mol. The molecule has 1 aromatic rings. The van der Waals surface area contributed by atoms with Crippen LogP contribution in [-0.2, 0) is 5.41 Å². The minimum atomic E-state index is -0.0855. The Balaban J connectivity index is 0.00000192. The molecule has 3 heterocycles. The van der Waals surface area contributed by atoms with Gasteiger partial charge in [-0.3, -0.25) is 4.79 Å². The molecule has 0 bridgehead atoms. The molecule has 2 aliphatic heterocycles. The van der Waals surface area contributed by atoms with Crippen molar-refractivity contribution in [1.29, 1.82) is 0 Å². The number of pyridine rings is 1. The molecular formula is C17H27N3O2. The number of carbonyl (C=O) groups excluding carboxylic acids is 1. The maximum absolute atomic E-state index is 12.5. The highest BCUT2D eigenvalue weighted by Gasteiger charge is 2.33. The van der Waals surface area contributed by atoms with Crippen molar-refractivity contribution in [2.45, 2.75) is 45.1 Å². The lowest BCUT2D eigenvalue weighted by atomic mass is 9.87. The summed E-state index contributed by atoms with van der Waals surface area (Å²) in [7, 11) is 0. The van der Waals surface area contributed by atoms with Crippen molar-refractivity contribution in [2.75, 3.05) is 19.7 Å². The molecule has 122 valence electrons. The lowest BCUT2D eigenvalue weighted by Gasteiger charge is -2.32. The lowest BCUT2D eigenvalue weighted by molar-refractivity contribution is 0.0905. The zero-order chi connectivity index (χ0) is 15.7. The van der Waals surface area contributed by atoms with E-state index in [0.717, 1.165) is 37.2 Å². The summed E-state index contributed by atoms with van der Waals surface area (Å²) in [4.78, 5) is 16.8. The molecule has 2 atom stereocenters. The van der Waals surface area contributed by atoms with Gasteiger partial charge in [-0.05, 0) is 24.9 Å². The Kier molecular flexibility index (Phi) is 4.08. The van der Waals surface area contributed by atoms with Crippen LogP contribution in [0.5, 0.6) is 5.75 Å². The van der Waals surface area contributed by atoms with E-state index in [1.807, 2.05) is 6.07 Å². The molecule has 1 aromatic heterocycles. The molecule has 1 fully saturated rings. The SMILES string of the molecule is CCC1CCNC[C@@H]1NC(=O)c1cc2c(cn1)OCC2(C)C.[HH]. The number of nitrogens with zero attached hydrogens (tertiary/aromatic N) is 1. The number of amides is 1. The van der Waals surface area contributed by atoms with Gasteiger partial charge in [0.05, 0.1) is 12.8 Å². The van der Waals surface area contributed by atoms with E-state index in [4.69, 9.17) is 4.74 Å². The van der Waals surface area contributed by atoms with Crippen LogP contribution >= 0.6 is 0 Å². The first kappa shape index (κ1) is 15.3. The van der Waals surface area contributed by atoms with Gasteiger partial charge in [0, 0.05) is 25.0 Å². The summed E-state index contributed by atoms with van der Waals surface area (Å²) in [5.41, 5.74) is 1.49. The number of nitrogens with one attached hydrogen (secondary N) is 2. The Morgan fingerprint density at radius 2 is 2.41 bits per heavy atom. The quantitative estimate of drug-likeness (QED) is 0.898. The maximum Gasteiger partial charge on any atom is 0.270 e. The van der Waals surface area contributed by atoms with E-state index < -0.39 is 0 Å². The van der Waals surface area contributed by atoms with Gasteiger partial charge < -0.3 is 15.4 Å². The van der Waals surface area contributed by atoms with Gasteiger partial charge in [0.25, 0.3) is 5.91 Å². The van der Waals surface area contributed by atoms with Crippen LogP contribution < -0.4 is 15.4 Å². The zero-order valence-electron chi connectivity index (χ0n) is 13.6. The van der Waals surface area contributed by atoms with Crippen LogP contribution in [0.25, 0.3) is 0 Å². The molecule has 0 aromatic carbocycles. The van der Waals surface area contributed by atoms with Gasteiger partial charge in [-0.15, -0.1) is 0 Å². The number of rotatable bonds is 3. The van der Waals surface area contributed by atoms with E-state index >= 15 is 0 Å². The molecular weight excluding hydrogens is 278 g/mol. The Bertz CT molecular complexity index is 577. The van der Waals surface area contributed by atoms with Crippen LogP contribution in [0.15, 0.2) is 12.3 Å². The second-order valence-electron chi connectivity index (χ2n) is 6.98. The van der Waals surface area contributed by atoms with Crippen LogP contribution in [0.2, 0.25) is 0 Å². The third-order valence-corrected chi connectivity index (χ3v) is 4.88. The van der Waals surface area contributed by atoms with Gasteiger partial charge in [0.2, 0.25) is 0 Å². The van der Waals surface area contributed by atoms with E-state index in [0.29, 0.717) is 18.2 Å². The van der Waals surface area contributed by atoms with Gasteiger partial charge >= 0.3 is 0 Å². The van der Waals surface area contributed by atoms with E-state index in [1.54, 1.807) is 6.20 Å². The highest BCUT2D eigenvalue weighted by molar-refractivity contribution is 5.93. The largest absolute Gasteiger partial charge is 0.491 e. The van der Waals surface area contributed by atoms with Gasteiger partial charge in [-0.2, -0.15) is 0 Å². The molecule has 0 saturated carbocycles. The number of fused-ring (bicyclic) bond motifs is 1. The number of ether oxygens (including phenoxy) is 1. The highest BCUT2D eigenvalue weighted by atomic mass is 16.5. The van der Waals surface area contributed by atoms with E-state index in [9.17, 15) is 4.79 Å². The Hall–Kier alpha value is -1.62. The predicted octanol–water partition coefficient (Wildman–Crippen LogP) is 2.12. The summed E-state index contributed by atoms with van der Waals surface area (Å²) in [6, 6.07) is 2.07. The van der Waals surface area contributed by atoms with Crippen molar-refractivity contribution in [2.24, 2.45) is 5.92 Å². The van der Waals surface area contributed by atoms with Crippen molar-refractivity contribution < 1.29 is 11.0 Å². The molecule has 5 nitrogen and oxygen atoms in total. The average Bonchev–Trinajstić information content (AvgIpc) is 2.83. The second kappa shape index (κ2) is 5.88. The van der Waals surface area contributed by atoms with Crippen LogP contribution in [0.1, 0.15) is 51.1 Å². The van der Waals surface area contributed by atoms with Crippen molar-refractivity contribution >= 4 is 5.91 Å². The topological polar surface area (TPSA) is 63.2 Å². The molecule has 1 saturated heterocycles. The summed E-state index contributed by atoms with van der Waals surface area (Å²) in [5.74, 6) is 1.25. The fourth-order valence-corrected chi connectivity index (χ4v) is 3.36. The molecule has 1 unspecified atom stereocenters. The summed E-state index contributed by atoms with van der Waals surface area (Å²) >= 11 is 0. The first-order valence-corrected chi connectivity index (χ1v) is 8.16. The normalized spacial score (nSPS) is 26.1. The monoisotopic (exact) mass is 305 g/mol. The number of carbonyl (C=O) groups is 1. The first-order valence-electron chi connectivity index (χ1n) is 8.16. The molecule has 0 aliphatic carbocycles. The van der Waals surface area contributed by atoms with Gasteiger partial charge in [0.1, 0.15) is 11.4 Å². The number of aromatic nitrogens is 1. The Morgan fingerprint density at radius 3 is 3.18 bits per heavy atom. The standard InChI is InChI=1S/C17H25N3O2.H2/c1-4-11-5-6-18-8-14(11)20-16(21)13-7-12-15(9-19-13)22-10-17(12,2)3;/h7,9,11,14,18H,4-6,8,10H2,1-3H3,(H,20,21);1H/t11?,14-;/m0./s1. The van der Waals surface area contributed by atoms with Crippen molar-refractivity contribution in [1.82, 2.24) is 15.6 Å². The van der Waals surface area contributed by atoms with Crippen LogP contribution in [0, 0.1) is 5.92 Å². The molecule has 2 N–H and O–H groups in total. The maximum atomic E-state index is 12.5. The summed E-state index contributed by atoms with van der Waals surface area (Å²) in [6.45, 7) is 8.94. The summed E-state index contributed by atoms with van der Waals surface area (Å²) in [5, 5.41) is 6.51. The van der Waals surface area contributed by atoms with Crippen LogP contribution in [0.3, 0.4) is 0 Å². The number of piperidine rings is 1. The minimum absolute atomic E-state index is 0. The fourth-order valence-electron chi connectivity index (χ4n) is 3.36. The van der Waals surface area contributed by atoms with E-state index in [-0.39, 0.29) is 18.8 Å². The Morgan fingerprint density at radius 1 is 1.59 bits per heavy atom. The van der Waals surface area contributed by atoms with Crippen LogP contribution in [0.4, 0.5) is 0 Å². The summed E-state index contributed by atoms with van der Waals surface area (Å²) < 4.78 is 5.63. The molecule has 3 rings (SSSR count). The number of hydrogen-bond acceptors (Lipinski definition) is 4. The van der Waals surface area contributed by atoms with Crippen LogP contribution in [-0.4, -0.2) is 36.6 Å². The Labute approximate surface area is 133 Å². The minimum Gasteiger partial charge on any atom is -0.491 e. The van der Waals surface area contributed by atoms with Gasteiger partial charge in [0.15, 0.2) is 0 Å². The molecule has 5 heteroatoms. The van der Waals surface area contributed by atoms with Gasteiger partial charge in [-0.25, -0.2) is 4.98 Å². The molecule has 0 spiro atoms. The number of hydrogen-bond donors (Lipinski definition) is 2. The van der Waals surface area contributed by atoms with Crippen molar-refractivity contribution in [3.8, 4) is 5.75 Å². The zero-order valence-corrected chi connectivity index (χ0v) is 13.6. The second-order valence-corrected chi connectivity index (χ2v) is 6.98. The molecule has 0 radical (unpaired) electrons. The van der Waals surface area contributed by atoms with E-state index in [1.165, 1.54) is 0 Å². The van der Waals surface area contributed by atoms with Gasteiger partial charge in [-0.1, -0.05) is 27.2 Å². The third-order valence-electron chi connectivity index (χ3n) is 4.88. The molecule has 2 aliphatic rings. The molecule has 22 heavy (non-hydrogen) atoms. The van der Waals surface area contributed by atoms with E-state index in [2.05, 4.69) is 36.4 Å². The summed E-state index contributed by atoms with van der Waals surface area (Å²) in [6.07, 6.45) is 3.88. The fraction of sp³-hybridized carbons (Fsp3) is 0.647.